The van der Waals surface area contributed by atoms with Crippen molar-refractivity contribution in [3.63, 3.8) is 0 Å². The molecule has 7 aromatic rings. The maximum Gasteiger partial charge on any atom is 0.0758 e. The summed E-state index contributed by atoms with van der Waals surface area (Å²) in [5.74, 6) is 0.978. The molecule has 7 aromatic carbocycles. The van der Waals surface area contributed by atoms with Crippen LogP contribution in [0.25, 0.3) is 55.3 Å². The predicted molar refractivity (Wildman–Crippen MR) is 254 cm³/mol. The number of hydrogen-bond acceptors (Lipinski definition) is 1. The second kappa shape index (κ2) is 15.6. The zero-order valence-corrected chi connectivity index (χ0v) is 34.3. The summed E-state index contributed by atoms with van der Waals surface area (Å²) in [5.41, 5.74) is 21.6. The van der Waals surface area contributed by atoms with Gasteiger partial charge >= 0.3 is 0 Å². The molecule has 290 valence electrons. The lowest BCUT2D eigenvalue weighted by atomic mass is 9.79. The fourth-order valence-electron chi connectivity index (χ4n) is 10.4. The number of nitrogens with zero attached hydrogens (tertiary/aromatic N) is 1. The highest BCUT2D eigenvalue weighted by molar-refractivity contribution is 6.06. The summed E-state index contributed by atoms with van der Waals surface area (Å²) in [6.45, 7) is 2.31. The highest BCUT2D eigenvalue weighted by atomic mass is 14.8. The molecule has 60 heavy (non-hydrogen) atoms. The number of hydrogen-bond donors (Lipinski definition) is 0. The van der Waals surface area contributed by atoms with E-state index in [0.29, 0.717) is 11.8 Å². The van der Waals surface area contributed by atoms with Gasteiger partial charge in [0.2, 0.25) is 0 Å². The Labute approximate surface area is 354 Å². The second-order valence-corrected chi connectivity index (χ2v) is 17.3. The molecule has 3 aliphatic carbocycles. The summed E-state index contributed by atoms with van der Waals surface area (Å²) in [7, 11) is 0. The van der Waals surface area contributed by atoms with Gasteiger partial charge in [-0.3, -0.25) is 4.99 Å². The minimum atomic E-state index is 0.110. The third-order valence-corrected chi connectivity index (χ3v) is 13.5. The van der Waals surface area contributed by atoms with Crippen LogP contribution in [0.5, 0.6) is 0 Å². The number of benzene rings is 7. The van der Waals surface area contributed by atoms with Crippen molar-refractivity contribution in [1.29, 1.82) is 0 Å². The fraction of sp³-hybridized carbons (Fsp3) is 0.169. The number of aliphatic imine (C=N–C) groups is 1. The van der Waals surface area contributed by atoms with E-state index in [1.807, 2.05) is 0 Å². The Morgan fingerprint density at radius 3 is 1.97 bits per heavy atom. The lowest BCUT2D eigenvalue weighted by Gasteiger charge is -2.31. The first-order valence-electron chi connectivity index (χ1n) is 22.0. The van der Waals surface area contributed by atoms with Gasteiger partial charge < -0.3 is 0 Å². The van der Waals surface area contributed by atoms with Gasteiger partial charge in [-0.2, -0.15) is 0 Å². The average molecular weight is 772 g/mol. The standard InChI is InChI=1S/C59H49N/c1-39-12-10-17-48(34-39)42-22-24-43(25-23-42)50-36-57(46-30-26-41(27-31-46)40-13-4-2-5-14-40)60-58(37-50)47-32-28-45(29-33-47)54-38-56-55(53-20-9-8-19-52(53)54)35-49-18-11-21-51(59(49)56)44-15-6-3-7-16-44/h2-11,13-28,30-32,34,38-39,50,57H,12,29,33,35-37H2,1H3. The SMILES string of the molecule is CC1C=C(c2ccc(C3CC(C4=CC=C(c5cc6c(c7ccccc57)Cc5cccc(-c7ccccc7)c5-6)CC4)=NC(c4ccc(-c5ccccc5)cc4)C3)cc2)C=CC1. The first kappa shape index (κ1) is 36.5. The first-order valence-corrected chi connectivity index (χ1v) is 22.0. The monoisotopic (exact) mass is 771 g/mol. The lowest BCUT2D eigenvalue weighted by molar-refractivity contribution is 0.528. The quantitative estimate of drug-likeness (QED) is 0.153. The largest absolute Gasteiger partial charge is 0.281 e. The summed E-state index contributed by atoms with van der Waals surface area (Å²) in [4.78, 5) is 5.61. The van der Waals surface area contributed by atoms with Crippen molar-refractivity contribution in [2.75, 3.05) is 0 Å². The lowest BCUT2D eigenvalue weighted by Crippen LogP contribution is -2.20. The van der Waals surface area contributed by atoms with Crippen LogP contribution in [-0.2, 0) is 6.42 Å². The smallest absolute Gasteiger partial charge is 0.0758 e. The molecule has 4 aliphatic rings. The molecular formula is C59H49N. The minimum absolute atomic E-state index is 0.110. The number of allylic oxidation sites excluding steroid dienone is 8. The van der Waals surface area contributed by atoms with Gasteiger partial charge in [-0.05, 0) is 151 Å². The van der Waals surface area contributed by atoms with Gasteiger partial charge in [0.1, 0.15) is 0 Å². The van der Waals surface area contributed by atoms with E-state index in [2.05, 4.69) is 195 Å². The Kier molecular flexibility index (Phi) is 9.46. The summed E-state index contributed by atoms with van der Waals surface area (Å²) < 4.78 is 0. The summed E-state index contributed by atoms with van der Waals surface area (Å²) in [6, 6.07) is 58.8. The molecular weight excluding hydrogens is 723 g/mol. The molecule has 3 atom stereocenters. The molecule has 0 amide bonds. The fourth-order valence-corrected chi connectivity index (χ4v) is 10.4. The van der Waals surface area contributed by atoms with E-state index in [1.165, 1.54) is 100.0 Å². The van der Waals surface area contributed by atoms with Crippen molar-refractivity contribution in [3.05, 3.63) is 227 Å². The molecule has 1 aliphatic heterocycles. The van der Waals surface area contributed by atoms with Gasteiger partial charge in [0.15, 0.2) is 0 Å². The maximum atomic E-state index is 5.61. The molecule has 0 fully saturated rings. The maximum absolute atomic E-state index is 5.61. The zero-order valence-electron chi connectivity index (χ0n) is 34.3. The molecule has 1 heteroatoms. The Morgan fingerprint density at radius 2 is 1.22 bits per heavy atom. The van der Waals surface area contributed by atoms with Crippen molar-refractivity contribution in [2.24, 2.45) is 10.9 Å². The van der Waals surface area contributed by atoms with Crippen molar-refractivity contribution in [3.8, 4) is 33.4 Å². The molecule has 0 saturated carbocycles. The van der Waals surface area contributed by atoms with Gasteiger partial charge in [-0.25, -0.2) is 0 Å². The molecule has 0 aromatic heterocycles. The van der Waals surface area contributed by atoms with E-state index in [4.69, 9.17) is 4.99 Å². The molecule has 0 N–H and O–H groups in total. The molecule has 0 radical (unpaired) electrons. The molecule has 1 heterocycles. The van der Waals surface area contributed by atoms with Crippen LogP contribution in [-0.4, -0.2) is 5.71 Å². The van der Waals surface area contributed by atoms with Crippen LogP contribution in [0.3, 0.4) is 0 Å². The zero-order chi connectivity index (χ0) is 40.0. The number of fused-ring (bicyclic) bond motifs is 5. The molecule has 3 unspecified atom stereocenters. The Hall–Kier alpha value is -6.57. The van der Waals surface area contributed by atoms with E-state index >= 15 is 0 Å². The van der Waals surface area contributed by atoms with E-state index in [1.54, 1.807) is 0 Å². The third kappa shape index (κ3) is 6.83. The Morgan fingerprint density at radius 1 is 0.550 bits per heavy atom. The molecule has 0 bridgehead atoms. The van der Waals surface area contributed by atoms with Gasteiger partial charge in [-0.15, -0.1) is 0 Å². The second-order valence-electron chi connectivity index (χ2n) is 17.3. The summed E-state index contributed by atoms with van der Waals surface area (Å²) in [5, 5.41) is 2.74. The van der Waals surface area contributed by atoms with E-state index in [9.17, 15) is 0 Å². The van der Waals surface area contributed by atoms with Crippen LogP contribution < -0.4 is 0 Å². The first-order chi connectivity index (χ1) is 29.6. The third-order valence-electron chi connectivity index (χ3n) is 13.5. The van der Waals surface area contributed by atoms with E-state index in [0.717, 1.165) is 38.5 Å². The average Bonchev–Trinajstić information content (AvgIpc) is 3.71. The van der Waals surface area contributed by atoms with Crippen molar-refractivity contribution >= 4 is 27.6 Å². The predicted octanol–water partition coefficient (Wildman–Crippen LogP) is 15.6. The molecule has 0 saturated heterocycles. The molecule has 11 rings (SSSR count). The highest BCUT2D eigenvalue weighted by Crippen LogP contribution is 2.48. The van der Waals surface area contributed by atoms with Crippen molar-refractivity contribution < 1.29 is 0 Å². The summed E-state index contributed by atoms with van der Waals surface area (Å²) in [6.07, 6.45) is 17.9. The Balaban J connectivity index is 0.952. The van der Waals surface area contributed by atoms with Crippen LogP contribution in [0.15, 0.2) is 199 Å². The van der Waals surface area contributed by atoms with Crippen LogP contribution in [0.2, 0.25) is 0 Å². The van der Waals surface area contributed by atoms with Gasteiger partial charge in [0, 0.05) is 5.71 Å². The van der Waals surface area contributed by atoms with Gasteiger partial charge in [-0.1, -0.05) is 189 Å². The van der Waals surface area contributed by atoms with Crippen molar-refractivity contribution in [2.45, 2.75) is 57.4 Å². The number of rotatable bonds is 7. The minimum Gasteiger partial charge on any atom is -0.281 e. The van der Waals surface area contributed by atoms with Gasteiger partial charge in [0.25, 0.3) is 0 Å². The normalized spacial score (nSPS) is 19.5. The van der Waals surface area contributed by atoms with Crippen molar-refractivity contribution in [1.82, 2.24) is 0 Å². The molecule has 1 nitrogen and oxygen atoms in total. The van der Waals surface area contributed by atoms with Crippen LogP contribution in [0.1, 0.15) is 84.4 Å². The Bertz CT molecular complexity index is 2900. The van der Waals surface area contributed by atoms with Gasteiger partial charge in [0.05, 0.1) is 6.04 Å². The van der Waals surface area contributed by atoms with E-state index in [-0.39, 0.29) is 6.04 Å². The topological polar surface area (TPSA) is 12.4 Å². The highest BCUT2D eigenvalue weighted by Gasteiger charge is 2.30. The van der Waals surface area contributed by atoms with Crippen LogP contribution in [0.4, 0.5) is 0 Å². The van der Waals surface area contributed by atoms with Crippen LogP contribution >= 0.6 is 0 Å². The van der Waals surface area contributed by atoms with E-state index < -0.39 is 0 Å². The summed E-state index contributed by atoms with van der Waals surface area (Å²) >= 11 is 0. The van der Waals surface area contributed by atoms with Crippen LogP contribution in [0, 0.1) is 5.92 Å². The molecule has 0 spiro atoms.